The summed E-state index contributed by atoms with van der Waals surface area (Å²) >= 11 is 0. The Labute approximate surface area is 212 Å². The van der Waals surface area contributed by atoms with Gasteiger partial charge in [0.05, 0.1) is 8.07 Å². The zero-order valence-electron chi connectivity index (χ0n) is 22.0. The van der Waals surface area contributed by atoms with Crippen LogP contribution in [0.4, 0.5) is 0 Å². The Balaban J connectivity index is 1.58. The predicted octanol–water partition coefficient (Wildman–Crippen LogP) is 7.10. The van der Waals surface area contributed by atoms with Gasteiger partial charge >= 0.3 is 0 Å². The van der Waals surface area contributed by atoms with Gasteiger partial charge in [-0.3, -0.25) is 0 Å². The minimum Gasteiger partial charge on any atom is -0.489 e. The summed E-state index contributed by atoms with van der Waals surface area (Å²) in [6.07, 6.45) is 11.5. The van der Waals surface area contributed by atoms with Gasteiger partial charge < -0.3 is 9.64 Å². The summed E-state index contributed by atoms with van der Waals surface area (Å²) in [5, 5.41) is 1.41. The molecule has 1 heterocycles. The highest BCUT2D eigenvalue weighted by Gasteiger charge is 2.42. The van der Waals surface area contributed by atoms with E-state index < -0.39 is 8.07 Å². The highest BCUT2D eigenvalue weighted by molar-refractivity contribution is 6.92. The molecule has 0 amide bonds. The molecular weight excluding hydrogens is 442 g/mol. The van der Waals surface area contributed by atoms with E-state index in [9.17, 15) is 0 Å². The van der Waals surface area contributed by atoms with E-state index in [0.717, 1.165) is 18.8 Å². The summed E-state index contributed by atoms with van der Waals surface area (Å²) < 4.78 is 6.44. The molecule has 3 aliphatic rings. The molecule has 2 aromatic carbocycles. The van der Waals surface area contributed by atoms with Crippen molar-refractivity contribution in [2.75, 3.05) is 19.7 Å². The molecule has 0 saturated heterocycles. The van der Waals surface area contributed by atoms with Crippen molar-refractivity contribution in [3.8, 4) is 5.75 Å². The standard InChI is InChI=1S/C32H39NOSi/c1-7-19-34-31-27(32(2,3)4)17-12-18-29(31)35(5,6)30-20-28(25-15-10-11-16-26(25)30)33-21-23-13-8-9-14-24(23)22-33/h7-8,10-13,15-18,20,30H,1,9,14,19,21-22H2,2-6H3. The van der Waals surface area contributed by atoms with Crippen LogP contribution in [0, 0.1) is 0 Å². The average Bonchev–Trinajstić information content (AvgIpc) is 3.44. The lowest BCUT2D eigenvalue weighted by Crippen LogP contribution is -2.48. The molecule has 0 saturated carbocycles. The van der Waals surface area contributed by atoms with Crippen molar-refractivity contribution in [1.29, 1.82) is 0 Å². The largest absolute Gasteiger partial charge is 0.489 e. The van der Waals surface area contributed by atoms with Gasteiger partial charge in [-0.2, -0.15) is 0 Å². The van der Waals surface area contributed by atoms with Crippen LogP contribution < -0.4 is 9.92 Å². The van der Waals surface area contributed by atoms with E-state index in [-0.39, 0.29) is 5.41 Å². The van der Waals surface area contributed by atoms with Gasteiger partial charge in [-0.25, -0.2) is 0 Å². The number of hydrogen-bond donors (Lipinski definition) is 0. The smallest absolute Gasteiger partial charge is 0.122 e. The molecule has 0 spiro atoms. The minimum atomic E-state index is -2.02. The van der Waals surface area contributed by atoms with Gasteiger partial charge in [0.2, 0.25) is 0 Å². The van der Waals surface area contributed by atoms with Crippen molar-refractivity contribution >= 4 is 19.0 Å². The van der Waals surface area contributed by atoms with Crippen molar-refractivity contribution in [3.63, 3.8) is 0 Å². The molecule has 1 unspecified atom stereocenters. The second-order valence-electron chi connectivity index (χ2n) is 11.8. The summed E-state index contributed by atoms with van der Waals surface area (Å²) in [5.74, 6) is 1.08. The van der Waals surface area contributed by atoms with Gasteiger partial charge in [-0.05, 0) is 45.7 Å². The fourth-order valence-electron chi connectivity index (χ4n) is 6.08. The summed E-state index contributed by atoms with van der Waals surface area (Å²) in [6, 6.07) is 15.9. The Morgan fingerprint density at radius 1 is 1.09 bits per heavy atom. The van der Waals surface area contributed by atoms with Gasteiger partial charge in [-0.1, -0.05) is 107 Å². The van der Waals surface area contributed by atoms with E-state index in [1.54, 1.807) is 5.57 Å². The number of ether oxygens (including phenoxy) is 1. The molecule has 3 heteroatoms. The molecule has 2 nitrogen and oxygen atoms in total. The molecule has 0 bridgehead atoms. The van der Waals surface area contributed by atoms with Crippen LogP contribution in [0.25, 0.3) is 5.70 Å². The lowest BCUT2D eigenvalue weighted by atomic mass is 9.86. The maximum atomic E-state index is 6.44. The second kappa shape index (κ2) is 9.02. The van der Waals surface area contributed by atoms with E-state index in [1.165, 1.54) is 46.0 Å². The molecular formula is C32H39NOSi. The molecule has 0 aromatic heterocycles. The topological polar surface area (TPSA) is 12.5 Å². The normalized spacial score (nSPS) is 19.5. The fourth-order valence-corrected chi connectivity index (χ4v) is 9.34. The molecule has 182 valence electrons. The van der Waals surface area contributed by atoms with Crippen molar-refractivity contribution in [2.45, 2.75) is 57.7 Å². The number of benzene rings is 2. The second-order valence-corrected chi connectivity index (χ2v) is 16.4. The molecule has 5 rings (SSSR count). The first-order valence-electron chi connectivity index (χ1n) is 13.0. The molecule has 1 aliphatic heterocycles. The van der Waals surface area contributed by atoms with Gasteiger partial charge in [0.15, 0.2) is 0 Å². The van der Waals surface area contributed by atoms with E-state index in [1.807, 2.05) is 6.08 Å². The SMILES string of the molecule is C=CCOc1c(C(C)(C)C)cccc1[Si](C)(C)C1C=C(N2CC3=C(CCC=C3)C2)c2ccccc21. The summed E-state index contributed by atoms with van der Waals surface area (Å²) in [6.45, 7) is 18.4. The molecule has 0 fully saturated rings. The van der Waals surface area contributed by atoms with Crippen LogP contribution in [0.15, 0.2) is 84.5 Å². The van der Waals surface area contributed by atoms with Crippen molar-refractivity contribution in [3.05, 3.63) is 101 Å². The van der Waals surface area contributed by atoms with Crippen LogP contribution in [-0.4, -0.2) is 32.7 Å². The van der Waals surface area contributed by atoms with Crippen LogP contribution in [0.1, 0.15) is 55.8 Å². The maximum absolute atomic E-state index is 6.44. The first kappa shape index (κ1) is 23.9. The summed E-state index contributed by atoms with van der Waals surface area (Å²) in [4.78, 5) is 2.62. The van der Waals surface area contributed by atoms with Crippen LogP contribution in [0.5, 0.6) is 5.75 Å². The average molecular weight is 482 g/mol. The molecule has 0 N–H and O–H groups in total. The minimum absolute atomic E-state index is 0.0133. The van der Waals surface area contributed by atoms with E-state index in [2.05, 4.69) is 106 Å². The quantitative estimate of drug-likeness (QED) is 0.322. The molecule has 0 radical (unpaired) electrons. The molecule has 2 aromatic rings. The zero-order valence-corrected chi connectivity index (χ0v) is 23.0. The zero-order chi connectivity index (χ0) is 24.8. The number of rotatable bonds is 6. The Kier molecular flexibility index (Phi) is 6.17. The van der Waals surface area contributed by atoms with E-state index >= 15 is 0 Å². The van der Waals surface area contributed by atoms with Gasteiger partial charge in [-0.15, -0.1) is 0 Å². The lowest BCUT2D eigenvalue weighted by molar-refractivity contribution is 0.354. The Hall–Kier alpha value is -2.78. The molecule has 35 heavy (non-hydrogen) atoms. The van der Waals surface area contributed by atoms with Crippen LogP contribution >= 0.6 is 0 Å². The summed E-state index contributed by atoms with van der Waals surface area (Å²) in [7, 11) is -2.02. The highest BCUT2D eigenvalue weighted by atomic mass is 28.3. The molecule has 1 atom stereocenters. The van der Waals surface area contributed by atoms with Crippen LogP contribution in [-0.2, 0) is 5.41 Å². The van der Waals surface area contributed by atoms with Crippen molar-refractivity contribution in [1.82, 2.24) is 4.90 Å². The first-order chi connectivity index (χ1) is 16.7. The maximum Gasteiger partial charge on any atom is 0.122 e. The first-order valence-corrected chi connectivity index (χ1v) is 16.1. The third kappa shape index (κ3) is 4.25. The Morgan fingerprint density at radius 2 is 1.89 bits per heavy atom. The highest BCUT2D eigenvalue weighted by Crippen LogP contribution is 2.45. The fraction of sp³-hybridized carbons (Fsp3) is 0.375. The van der Waals surface area contributed by atoms with Crippen molar-refractivity contribution in [2.24, 2.45) is 0 Å². The van der Waals surface area contributed by atoms with E-state index in [0.29, 0.717) is 12.1 Å². The lowest BCUT2D eigenvalue weighted by Gasteiger charge is -2.34. The number of allylic oxidation sites excluding steroid dienone is 2. The Morgan fingerprint density at radius 3 is 2.63 bits per heavy atom. The Bertz CT molecular complexity index is 1240. The predicted molar refractivity (Wildman–Crippen MR) is 152 cm³/mol. The number of hydrogen-bond acceptors (Lipinski definition) is 2. The van der Waals surface area contributed by atoms with Gasteiger partial charge in [0.25, 0.3) is 0 Å². The van der Waals surface area contributed by atoms with Gasteiger partial charge in [0.1, 0.15) is 12.4 Å². The van der Waals surface area contributed by atoms with Gasteiger partial charge in [0, 0.05) is 29.9 Å². The number of fused-ring (bicyclic) bond motifs is 1. The number of para-hydroxylation sites is 1. The van der Waals surface area contributed by atoms with Crippen LogP contribution in [0.3, 0.4) is 0 Å². The molecule has 2 aliphatic carbocycles. The summed E-state index contributed by atoms with van der Waals surface area (Å²) in [5.41, 5.74) is 9.20. The van der Waals surface area contributed by atoms with Crippen molar-refractivity contribution < 1.29 is 4.74 Å². The third-order valence-corrected chi connectivity index (χ3v) is 11.8. The third-order valence-electron chi connectivity index (χ3n) is 8.01. The monoisotopic (exact) mass is 481 g/mol. The van der Waals surface area contributed by atoms with Crippen LogP contribution in [0.2, 0.25) is 13.1 Å². The van der Waals surface area contributed by atoms with E-state index in [4.69, 9.17) is 4.74 Å². The number of nitrogens with zero attached hydrogens (tertiary/aromatic N) is 1.